The molecule has 0 aliphatic heterocycles. The van der Waals surface area contributed by atoms with Crippen molar-refractivity contribution in [2.45, 2.75) is 0 Å². The molecule has 6 heteroatoms. The van der Waals surface area contributed by atoms with Gasteiger partial charge in [0.25, 0.3) is 5.69 Å². The van der Waals surface area contributed by atoms with Crippen LogP contribution in [-0.2, 0) is 0 Å². The van der Waals surface area contributed by atoms with Crippen LogP contribution in [0.1, 0.15) is 10.4 Å². The molecule has 0 atom stereocenters. The molecule has 0 amide bonds. The van der Waals surface area contributed by atoms with E-state index in [9.17, 15) is 14.9 Å². The van der Waals surface area contributed by atoms with Crippen LogP contribution in [-0.4, -0.2) is 17.8 Å². The van der Waals surface area contributed by atoms with Crippen molar-refractivity contribution in [1.29, 1.82) is 0 Å². The Morgan fingerprint density at radius 1 is 1.62 bits per heavy atom. The van der Waals surface area contributed by atoms with E-state index in [4.69, 9.17) is 4.74 Å². The second-order valence-corrected chi connectivity index (χ2v) is 4.02. The van der Waals surface area contributed by atoms with Crippen LogP contribution in [0.4, 0.5) is 5.69 Å². The molecule has 0 aliphatic carbocycles. The van der Waals surface area contributed by atoms with Crippen LogP contribution in [0.5, 0.6) is 5.75 Å². The molecule has 0 heterocycles. The number of benzene rings is 1. The Morgan fingerprint density at radius 2 is 2.31 bits per heavy atom. The molecule has 0 aliphatic rings. The summed E-state index contributed by atoms with van der Waals surface area (Å²) in [5.74, 6) is 0.293. The normalized spacial score (nSPS) is 9.56. The Bertz CT molecular complexity index is 444. The van der Waals surface area contributed by atoms with Crippen LogP contribution in [0.3, 0.4) is 0 Å². The lowest BCUT2D eigenvalue weighted by Crippen LogP contribution is -2.00. The summed E-state index contributed by atoms with van der Waals surface area (Å²) in [5, 5.41) is 10.5. The molecule has 0 unspecified atom stereocenters. The first-order valence-electron chi connectivity index (χ1n) is 4.24. The summed E-state index contributed by atoms with van der Waals surface area (Å²) in [7, 11) is 0. The highest BCUT2D eigenvalue weighted by Crippen LogP contribution is 2.23. The van der Waals surface area contributed by atoms with Gasteiger partial charge in [-0.15, -0.1) is 0 Å². The lowest BCUT2D eigenvalue weighted by molar-refractivity contribution is -0.384. The smallest absolute Gasteiger partial charge is 0.270 e. The number of aldehydes is 1. The second kappa shape index (κ2) is 5.41. The Balaban J connectivity index is 2.97. The van der Waals surface area contributed by atoms with Gasteiger partial charge < -0.3 is 4.74 Å². The van der Waals surface area contributed by atoms with Crippen LogP contribution in [0.15, 0.2) is 29.3 Å². The molecule has 0 fully saturated rings. The SMILES string of the molecule is C=C(Br)COc1ccc([N+](=O)[O-])cc1C=O. The summed E-state index contributed by atoms with van der Waals surface area (Å²) in [4.78, 5) is 20.6. The number of hydrogen-bond donors (Lipinski definition) is 0. The number of nitro groups is 1. The van der Waals surface area contributed by atoms with Gasteiger partial charge in [0, 0.05) is 16.6 Å². The number of carbonyl (C=O) groups excluding carboxylic acids is 1. The standard InChI is InChI=1S/C10H8BrNO4/c1-7(11)6-16-10-3-2-9(12(14)15)4-8(10)5-13/h2-5H,1,6H2. The van der Waals surface area contributed by atoms with Crippen LogP contribution < -0.4 is 4.74 Å². The first kappa shape index (κ1) is 12.4. The van der Waals surface area contributed by atoms with Gasteiger partial charge in [-0.1, -0.05) is 22.5 Å². The summed E-state index contributed by atoms with van der Waals surface area (Å²) in [6, 6.07) is 3.83. The largest absolute Gasteiger partial charge is 0.488 e. The number of hydrogen-bond acceptors (Lipinski definition) is 4. The highest BCUT2D eigenvalue weighted by molar-refractivity contribution is 9.11. The van der Waals surface area contributed by atoms with E-state index in [1.807, 2.05) is 0 Å². The van der Waals surface area contributed by atoms with Gasteiger partial charge in [0.2, 0.25) is 0 Å². The number of halogens is 1. The number of nitrogens with zero attached hydrogens (tertiary/aromatic N) is 1. The van der Waals surface area contributed by atoms with E-state index < -0.39 is 4.92 Å². The van der Waals surface area contributed by atoms with Gasteiger partial charge in [0.05, 0.1) is 10.5 Å². The molecule has 1 aromatic rings. The minimum Gasteiger partial charge on any atom is -0.488 e. The third-order valence-electron chi connectivity index (χ3n) is 1.72. The molecule has 16 heavy (non-hydrogen) atoms. The zero-order valence-electron chi connectivity index (χ0n) is 8.18. The Kier molecular flexibility index (Phi) is 4.19. The zero-order valence-corrected chi connectivity index (χ0v) is 9.77. The Hall–Kier alpha value is -1.69. The summed E-state index contributed by atoms with van der Waals surface area (Å²) in [5.41, 5.74) is -0.00457. The number of nitro benzene ring substituents is 1. The highest BCUT2D eigenvalue weighted by atomic mass is 79.9. The van der Waals surface area contributed by atoms with E-state index >= 15 is 0 Å². The molecule has 1 rings (SSSR count). The van der Waals surface area contributed by atoms with Gasteiger partial charge >= 0.3 is 0 Å². The van der Waals surface area contributed by atoms with Crippen LogP contribution in [0.2, 0.25) is 0 Å². The van der Waals surface area contributed by atoms with Crippen LogP contribution >= 0.6 is 15.9 Å². The monoisotopic (exact) mass is 285 g/mol. The van der Waals surface area contributed by atoms with Crippen molar-refractivity contribution < 1.29 is 14.5 Å². The van der Waals surface area contributed by atoms with E-state index in [-0.39, 0.29) is 17.9 Å². The van der Waals surface area contributed by atoms with Crippen molar-refractivity contribution in [3.05, 3.63) is 44.9 Å². The van der Waals surface area contributed by atoms with Crippen molar-refractivity contribution in [2.24, 2.45) is 0 Å². The third-order valence-corrected chi connectivity index (χ3v) is 1.94. The Morgan fingerprint density at radius 3 is 2.81 bits per heavy atom. The number of carbonyl (C=O) groups is 1. The molecule has 0 saturated carbocycles. The number of non-ortho nitro benzene ring substituents is 1. The predicted octanol–water partition coefficient (Wildman–Crippen LogP) is 2.69. The lowest BCUT2D eigenvalue weighted by atomic mass is 10.2. The molecule has 0 saturated heterocycles. The predicted molar refractivity (Wildman–Crippen MR) is 62.0 cm³/mol. The summed E-state index contributed by atoms with van der Waals surface area (Å²) in [6.07, 6.45) is 0.513. The molecule has 0 aromatic heterocycles. The van der Waals surface area contributed by atoms with Gasteiger partial charge in [-0.2, -0.15) is 0 Å². The first-order valence-corrected chi connectivity index (χ1v) is 5.03. The molecular formula is C10H8BrNO4. The summed E-state index contributed by atoms with van der Waals surface area (Å²) >= 11 is 3.10. The maximum atomic E-state index is 10.7. The first-order chi connectivity index (χ1) is 7.54. The van der Waals surface area contributed by atoms with Crippen molar-refractivity contribution in [3.63, 3.8) is 0 Å². The van der Waals surface area contributed by atoms with Crippen molar-refractivity contribution in [2.75, 3.05) is 6.61 Å². The van der Waals surface area contributed by atoms with Crippen molar-refractivity contribution in [3.8, 4) is 5.75 Å². The van der Waals surface area contributed by atoms with Gasteiger partial charge in [0.15, 0.2) is 6.29 Å². The van der Waals surface area contributed by atoms with Crippen molar-refractivity contribution in [1.82, 2.24) is 0 Å². The van der Waals surface area contributed by atoms with E-state index in [1.54, 1.807) is 0 Å². The lowest BCUT2D eigenvalue weighted by Gasteiger charge is -2.06. The molecular weight excluding hydrogens is 278 g/mol. The molecule has 0 bridgehead atoms. The fourth-order valence-electron chi connectivity index (χ4n) is 1.03. The maximum Gasteiger partial charge on any atom is 0.270 e. The summed E-state index contributed by atoms with van der Waals surface area (Å²) < 4.78 is 5.84. The fraction of sp³-hybridized carbons (Fsp3) is 0.100. The number of rotatable bonds is 5. The minimum atomic E-state index is -0.569. The maximum absolute atomic E-state index is 10.7. The molecule has 84 valence electrons. The molecule has 5 nitrogen and oxygen atoms in total. The molecule has 0 spiro atoms. The second-order valence-electron chi connectivity index (χ2n) is 2.90. The van der Waals surface area contributed by atoms with E-state index in [0.29, 0.717) is 16.5 Å². The number of ether oxygens (including phenoxy) is 1. The van der Waals surface area contributed by atoms with Crippen molar-refractivity contribution >= 4 is 27.9 Å². The fourth-order valence-corrected chi connectivity index (χ4v) is 1.14. The summed E-state index contributed by atoms with van der Waals surface area (Å²) in [6.45, 7) is 3.76. The van der Waals surface area contributed by atoms with Gasteiger partial charge in [-0.05, 0) is 6.07 Å². The topological polar surface area (TPSA) is 69.4 Å². The quantitative estimate of drug-likeness (QED) is 0.474. The van der Waals surface area contributed by atoms with E-state index in [1.165, 1.54) is 18.2 Å². The van der Waals surface area contributed by atoms with E-state index in [0.717, 1.165) is 0 Å². The van der Waals surface area contributed by atoms with Gasteiger partial charge in [-0.3, -0.25) is 14.9 Å². The third kappa shape index (κ3) is 3.16. The average molecular weight is 286 g/mol. The molecule has 0 radical (unpaired) electrons. The minimum absolute atomic E-state index is 0.142. The van der Waals surface area contributed by atoms with Gasteiger partial charge in [0.1, 0.15) is 12.4 Å². The average Bonchev–Trinajstić information content (AvgIpc) is 2.25. The molecule has 1 aromatic carbocycles. The van der Waals surface area contributed by atoms with Crippen LogP contribution in [0, 0.1) is 10.1 Å². The zero-order chi connectivity index (χ0) is 12.1. The van der Waals surface area contributed by atoms with Crippen LogP contribution in [0.25, 0.3) is 0 Å². The highest BCUT2D eigenvalue weighted by Gasteiger charge is 2.11. The van der Waals surface area contributed by atoms with E-state index in [2.05, 4.69) is 22.5 Å². The molecule has 0 N–H and O–H groups in total. The van der Waals surface area contributed by atoms with Gasteiger partial charge in [-0.25, -0.2) is 0 Å². The Labute approximate surface area is 100.0 Å².